The number of rotatable bonds is 5. The van der Waals surface area contributed by atoms with Gasteiger partial charge in [0.05, 0.1) is 19.8 Å². The topological polar surface area (TPSA) is 71.9 Å². The molecule has 0 radical (unpaired) electrons. The summed E-state index contributed by atoms with van der Waals surface area (Å²) in [5, 5.41) is 5.79. The van der Waals surface area contributed by atoms with Gasteiger partial charge < -0.3 is 14.8 Å². The van der Waals surface area contributed by atoms with Crippen LogP contribution in [0.1, 0.15) is 23.2 Å². The lowest BCUT2D eigenvalue weighted by atomic mass is 10.2. The first-order chi connectivity index (χ1) is 13.1. The molecule has 27 heavy (non-hydrogen) atoms. The Morgan fingerprint density at radius 2 is 2.11 bits per heavy atom. The molecule has 1 fully saturated rings. The second kappa shape index (κ2) is 9.14. The number of amides is 1. The van der Waals surface area contributed by atoms with E-state index in [2.05, 4.69) is 15.6 Å². The van der Waals surface area contributed by atoms with Crippen molar-refractivity contribution in [2.75, 3.05) is 25.6 Å². The van der Waals surface area contributed by atoms with Gasteiger partial charge >= 0.3 is 0 Å². The number of carbonyl (C=O) groups is 1. The van der Waals surface area contributed by atoms with Gasteiger partial charge in [-0.3, -0.25) is 10.1 Å². The van der Waals surface area contributed by atoms with Gasteiger partial charge in [0.1, 0.15) is 11.6 Å². The molecule has 2 N–H and O–H groups in total. The van der Waals surface area contributed by atoms with Crippen LogP contribution in [0.15, 0.2) is 53.5 Å². The number of aliphatic imine (C=N–C) groups is 1. The fraction of sp³-hybridized carbons (Fsp3) is 0.300. The molecule has 1 aliphatic heterocycles. The lowest BCUT2D eigenvalue weighted by Gasteiger charge is -2.14. The van der Waals surface area contributed by atoms with Crippen molar-refractivity contribution in [3.8, 4) is 5.75 Å². The largest absolute Gasteiger partial charge is 0.497 e. The summed E-state index contributed by atoms with van der Waals surface area (Å²) in [7, 11) is 1.59. The van der Waals surface area contributed by atoms with Gasteiger partial charge in [0, 0.05) is 17.9 Å². The number of nitrogens with one attached hydrogen (secondary N) is 2. The van der Waals surface area contributed by atoms with Crippen LogP contribution in [0, 0.1) is 5.82 Å². The number of benzene rings is 2. The average Bonchev–Trinajstić information content (AvgIpc) is 3.20. The van der Waals surface area contributed by atoms with Crippen LogP contribution in [0.3, 0.4) is 0 Å². The molecular formula is C20H22FN3O3. The summed E-state index contributed by atoms with van der Waals surface area (Å²) < 4.78 is 24.1. The van der Waals surface area contributed by atoms with Gasteiger partial charge in [-0.1, -0.05) is 6.07 Å². The molecule has 0 bridgehead atoms. The number of halogens is 1. The summed E-state index contributed by atoms with van der Waals surface area (Å²) in [6.45, 7) is 1.17. The molecule has 1 aliphatic rings. The predicted octanol–water partition coefficient (Wildman–Crippen LogP) is 3.21. The van der Waals surface area contributed by atoms with Crippen molar-refractivity contribution in [3.05, 3.63) is 59.9 Å². The summed E-state index contributed by atoms with van der Waals surface area (Å²) in [5.41, 5.74) is 0.956. The summed E-state index contributed by atoms with van der Waals surface area (Å²) in [4.78, 5) is 16.9. The molecule has 3 rings (SSSR count). The Bertz CT molecular complexity index is 802. The quantitative estimate of drug-likeness (QED) is 0.625. The fourth-order valence-electron chi connectivity index (χ4n) is 2.71. The molecule has 0 saturated carbocycles. The van der Waals surface area contributed by atoms with E-state index in [0.29, 0.717) is 6.54 Å². The van der Waals surface area contributed by atoms with E-state index < -0.39 is 11.7 Å². The van der Waals surface area contributed by atoms with Crippen molar-refractivity contribution in [1.29, 1.82) is 0 Å². The molecule has 1 unspecified atom stereocenters. The van der Waals surface area contributed by atoms with E-state index in [0.717, 1.165) is 30.9 Å². The molecule has 0 aliphatic carbocycles. The standard InChI is InChI=1S/C20H22FN3O3/c1-26-17-9-7-16(8-10-17)23-20(22-13-18-6-3-11-27-18)24-19(25)14-4-2-5-15(21)12-14/h2,4-5,7-10,12,18H,3,6,11,13H2,1H3,(H2,22,23,24,25). The van der Waals surface area contributed by atoms with Crippen molar-refractivity contribution in [3.63, 3.8) is 0 Å². The van der Waals surface area contributed by atoms with Gasteiger partial charge in [-0.05, 0) is 55.3 Å². The molecule has 1 atom stereocenters. The van der Waals surface area contributed by atoms with Crippen LogP contribution in [0.4, 0.5) is 10.1 Å². The zero-order chi connectivity index (χ0) is 19.1. The Morgan fingerprint density at radius 1 is 1.30 bits per heavy atom. The number of methoxy groups -OCH3 is 1. The van der Waals surface area contributed by atoms with Gasteiger partial charge in [0.25, 0.3) is 5.91 Å². The van der Waals surface area contributed by atoms with E-state index in [1.54, 1.807) is 25.3 Å². The number of ether oxygens (including phenoxy) is 2. The fourth-order valence-corrected chi connectivity index (χ4v) is 2.71. The highest BCUT2D eigenvalue weighted by Crippen LogP contribution is 2.16. The highest BCUT2D eigenvalue weighted by atomic mass is 19.1. The maximum atomic E-state index is 13.4. The molecule has 2 aromatic carbocycles. The third kappa shape index (κ3) is 5.52. The van der Waals surface area contributed by atoms with E-state index >= 15 is 0 Å². The van der Waals surface area contributed by atoms with Crippen LogP contribution >= 0.6 is 0 Å². The van der Waals surface area contributed by atoms with Crippen molar-refractivity contribution >= 4 is 17.6 Å². The monoisotopic (exact) mass is 371 g/mol. The first-order valence-electron chi connectivity index (χ1n) is 8.78. The number of nitrogens with zero attached hydrogens (tertiary/aromatic N) is 1. The molecular weight excluding hydrogens is 349 g/mol. The van der Waals surface area contributed by atoms with Gasteiger partial charge in [0.15, 0.2) is 0 Å². The highest BCUT2D eigenvalue weighted by molar-refractivity contribution is 6.09. The van der Waals surface area contributed by atoms with Crippen LogP contribution in [-0.2, 0) is 4.74 Å². The Kier molecular flexibility index (Phi) is 6.38. The minimum atomic E-state index is -0.469. The molecule has 0 aromatic heterocycles. The van der Waals surface area contributed by atoms with E-state index in [1.165, 1.54) is 18.2 Å². The Labute approximate surface area is 157 Å². The summed E-state index contributed by atoms with van der Waals surface area (Å²) in [5.74, 6) is 0.0947. The SMILES string of the molecule is COc1ccc(NC(=NCC2CCCO2)NC(=O)c2cccc(F)c2)cc1. The summed E-state index contributed by atoms with van der Waals surface area (Å²) in [6.07, 6.45) is 2.00. The van der Waals surface area contributed by atoms with Crippen LogP contribution < -0.4 is 15.4 Å². The third-order valence-corrected chi connectivity index (χ3v) is 4.15. The third-order valence-electron chi connectivity index (χ3n) is 4.15. The maximum absolute atomic E-state index is 13.4. The molecule has 1 saturated heterocycles. The molecule has 6 nitrogen and oxygen atoms in total. The number of carbonyl (C=O) groups excluding carboxylic acids is 1. The number of hydrogen-bond donors (Lipinski definition) is 2. The van der Waals surface area contributed by atoms with Gasteiger partial charge in [-0.2, -0.15) is 0 Å². The van der Waals surface area contributed by atoms with Crippen LogP contribution in [0.2, 0.25) is 0 Å². The molecule has 1 heterocycles. The first kappa shape index (κ1) is 18.8. The van der Waals surface area contributed by atoms with Crippen molar-refractivity contribution < 1.29 is 18.7 Å². The maximum Gasteiger partial charge on any atom is 0.258 e. The molecule has 142 valence electrons. The molecule has 1 amide bonds. The van der Waals surface area contributed by atoms with Crippen LogP contribution in [0.25, 0.3) is 0 Å². The van der Waals surface area contributed by atoms with Gasteiger partial charge in [-0.25, -0.2) is 9.38 Å². The van der Waals surface area contributed by atoms with E-state index in [9.17, 15) is 9.18 Å². The number of hydrogen-bond acceptors (Lipinski definition) is 4. The smallest absolute Gasteiger partial charge is 0.258 e. The minimum Gasteiger partial charge on any atom is -0.497 e. The molecule has 0 spiro atoms. The molecule has 7 heteroatoms. The number of guanidine groups is 1. The van der Waals surface area contributed by atoms with E-state index in [4.69, 9.17) is 9.47 Å². The second-order valence-electron chi connectivity index (χ2n) is 6.14. The lowest BCUT2D eigenvalue weighted by molar-refractivity contribution is 0.0975. The zero-order valence-electron chi connectivity index (χ0n) is 15.1. The Morgan fingerprint density at radius 3 is 2.78 bits per heavy atom. The Hall–Kier alpha value is -2.93. The first-order valence-corrected chi connectivity index (χ1v) is 8.78. The summed E-state index contributed by atoms with van der Waals surface area (Å²) in [6, 6.07) is 12.7. The van der Waals surface area contributed by atoms with Gasteiger partial charge in [-0.15, -0.1) is 0 Å². The zero-order valence-corrected chi connectivity index (χ0v) is 15.1. The van der Waals surface area contributed by atoms with Crippen LogP contribution in [-0.4, -0.2) is 38.2 Å². The average molecular weight is 371 g/mol. The molecule has 2 aromatic rings. The second-order valence-corrected chi connectivity index (χ2v) is 6.14. The van der Waals surface area contributed by atoms with Crippen LogP contribution in [0.5, 0.6) is 5.75 Å². The van der Waals surface area contributed by atoms with Crippen molar-refractivity contribution in [2.45, 2.75) is 18.9 Å². The normalized spacial score (nSPS) is 16.8. The van der Waals surface area contributed by atoms with E-state index in [-0.39, 0.29) is 17.6 Å². The highest BCUT2D eigenvalue weighted by Gasteiger charge is 2.16. The predicted molar refractivity (Wildman–Crippen MR) is 102 cm³/mol. The van der Waals surface area contributed by atoms with Crippen molar-refractivity contribution in [1.82, 2.24) is 5.32 Å². The van der Waals surface area contributed by atoms with E-state index in [1.807, 2.05) is 12.1 Å². The number of anilines is 1. The Balaban J connectivity index is 1.73. The summed E-state index contributed by atoms with van der Waals surface area (Å²) >= 11 is 0. The van der Waals surface area contributed by atoms with Crippen molar-refractivity contribution in [2.24, 2.45) is 4.99 Å². The van der Waals surface area contributed by atoms with Gasteiger partial charge in [0.2, 0.25) is 5.96 Å². The lowest BCUT2D eigenvalue weighted by Crippen LogP contribution is -2.36. The minimum absolute atomic E-state index is 0.0451.